The molecule has 1 heteroatoms. The Balaban J connectivity index is 1.88. The first-order chi connectivity index (χ1) is 9.79. The smallest absolute Gasteiger partial charge is 0.0587 e. The third kappa shape index (κ3) is 4.81. The van der Waals surface area contributed by atoms with Gasteiger partial charge in [0.25, 0.3) is 0 Å². The van der Waals surface area contributed by atoms with E-state index < -0.39 is 0 Å². The first-order valence-corrected chi connectivity index (χ1v) is 8.75. The predicted octanol–water partition coefficient (Wildman–Crippen LogP) is 5.35. The van der Waals surface area contributed by atoms with Gasteiger partial charge in [0.1, 0.15) is 0 Å². The van der Waals surface area contributed by atoms with Crippen molar-refractivity contribution in [2.24, 2.45) is 0 Å². The molecule has 0 heterocycles. The van der Waals surface area contributed by atoms with Crippen LogP contribution in [0.15, 0.2) is 48.5 Å². The van der Waals surface area contributed by atoms with Crippen molar-refractivity contribution in [3.8, 4) is 11.1 Å². The van der Waals surface area contributed by atoms with E-state index in [-0.39, 0.29) is 0 Å². The molecule has 0 N–H and O–H groups in total. The summed E-state index contributed by atoms with van der Waals surface area (Å²) in [7, 11) is 0. The second-order valence-electron chi connectivity index (χ2n) is 5.43. The van der Waals surface area contributed by atoms with Crippen molar-refractivity contribution in [3.05, 3.63) is 59.7 Å². The zero-order valence-corrected chi connectivity index (χ0v) is 14.0. The molecule has 0 aliphatic heterocycles. The second-order valence-corrected chi connectivity index (χ2v) is 6.29. The second kappa shape index (κ2) is 8.29. The van der Waals surface area contributed by atoms with Crippen LogP contribution in [-0.2, 0) is 6.42 Å². The molecule has 0 aromatic heterocycles. The van der Waals surface area contributed by atoms with Gasteiger partial charge in [0.2, 0.25) is 0 Å². The van der Waals surface area contributed by atoms with Crippen molar-refractivity contribution in [2.75, 3.05) is 0 Å². The minimum Gasteiger partial charge on any atom is -0.0587 e. The minimum atomic E-state index is 1.20. The molecule has 2 aromatic carbocycles. The fraction of sp³-hybridized carbons (Fsp3) is 0.368. The van der Waals surface area contributed by atoms with E-state index in [2.05, 4.69) is 71.5 Å². The van der Waals surface area contributed by atoms with E-state index in [9.17, 15) is 0 Å². The summed E-state index contributed by atoms with van der Waals surface area (Å²) in [4.78, 5) is 0. The summed E-state index contributed by atoms with van der Waals surface area (Å²) in [5, 5.41) is 1.20. The van der Waals surface area contributed by atoms with Crippen LogP contribution >= 0.6 is 0 Å². The molecule has 0 bridgehead atoms. The topological polar surface area (TPSA) is 0 Å². The standard InChI is InChI=1S/C19H23Se/c1-16-7-11-18(12-8-16)19-13-9-17(10-14-19)6-4-2-3-5-15-20/h7-14H,2-6,15H2,1H3. The SMILES string of the molecule is Cc1ccc(-c2ccc(CCCCCC[Se])cc2)cc1. The molecule has 2 aromatic rings. The Morgan fingerprint density at radius 2 is 1.25 bits per heavy atom. The molecule has 105 valence electrons. The molecule has 0 aliphatic rings. The van der Waals surface area contributed by atoms with Crippen molar-refractivity contribution >= 4 is 16.0 Å². The Hall–Kier alpha value is -1.04. The molecule has 0 saturated carbocycles. The molecule has 1 radical (unpaired) electrons. The minimum absolute atomic E-state index is 1.20. The third-order valence-electron chi connectivity index (χ3n) is 3.70. The number of aryl methyl sites for hydroxylation is 2. The van der Waals surface area contributed by atoms with Crippen LogP contribution in [0, 0.1) is 6.92 Å². The molecule has 0 amide bonds. The van der Waals surface area contributed by atoms with Crippen molar-refractivity contribution in [3.63, 3.8) is 0 Å². The van der Waals surface area contributed by atoms with Crippen LogP contribution in [0.2, 0.25) is 5.32 Å². The molecule has 20 heavy (non-hydrogen) atoms. The van der Waals surface area contributed by atoms with Gasteiger partial charge in [-0.1, -0.05) is 17.7 Å². The van der Waals surface area contributed by atoms with Gasteiger partial charge in [-0.25, -0.2) is 0 Å². The molecule has 0 aliphatic carbocycles. The summed E-state index contributed by atoms with van der Waals surface area (Å²) in [6.45, 7) is 2.13. The number of unbranched alkanes of at least 4 members (excludes halogenated alkanes) is 3. The van der Waals surface area contributed by atoms with Crippen LogP contribution in [0.1, 0.15) is 36.8 Å². The summed E-state index contributed by atoms with van der Waals surface area (Å²) < 4.78 is 0. The monoisotopic (exact) mass is 331 g/mol. The molecule has 0 nitrogen and oxygen atoms in total. The molecular weight excluding hydrogens is 307 g/mol. The van der Waals surface area contributed by atoms with Crippen LogP contribution < -0.4 is 0 Å². The predicted molar refractivity (Wildman–Crippen MR) is 89.3 cm³/mol. The van der Waals surface area contributed by atoms with E-state index in [1.807, 2.05) is 0 Å². The molecule has 0 fully saturated rings. The van der Waals surface area contributed by atoms with Crippen LogP contribution in [-0.4, -0.2) is 16.0 Å². The summed E-state index contributed by atoms with van der Waals surface area (Å²) in [5.41, 5.74) is 5.40. The fourth-order valence-electron chi connectivity index (χ4n) is 2.39. The van der Waals surface area contributed by atoms with Crippen molar-refractivity contribution in [1.29, 1.82) is 0 Å². The molecule has 0 unspecified atom stereocenters. The average Bonchev–Trinajstić information content (AvgIpc) is 2.49. The molecule has 0 saturated heterocycles. The quantitative estimate of drug-likeness (QED) is 0.474. The zero-order valence-electron chi connectivity index (χ0n) is 12.3. The van der Waals surface area contributed by atoms with Gasteiger partial charge in [-0.3, -0.25) is 0 Å². The number of hydrogen-bond donors (Lipinski definition) is 0. The Bertz CT molecular complexity index is 496. The van der Waals surface area contributed by atoms with Gasteiger partial charge < -0.3 is 0 Å². The van der Waals surface area contributed by atoms with Gasteiger partial charge >= 0.3 is 107 Å². The van der Waals surface area contributed by atoms with Crippen LogP contribution in [0.5, 0.6) is 0 Å². The Kier molecular flexibility index (Phi) is 6.36. The Morgan fingerprint density at radius 3 is 1.85 bits per heavy atom. The average molecular weight is 330 g/mol. The van der Waals surface area contributed by atoms with E-state index in [4.69, 9.17) is 0 Å². The first-order valence-electron chi connectivity index (χ1n) is 7.53. The van der Waals surface area contributed by atoms with Crippen molar-refractivity contribution < 1.29 is 0 Å². The van der Waals surface area contributed by atoms with E-state index in [0.29, 0.717) is 0 Å². The summed E-state index contributed by atoms with van der Waals surface area (Å²) in [6.07, 6.45) is 6.55. The van der Waals surface area contributed by atoms with Gasteiger partial charge in [0, 0.05) is 0 Å². The van der Waals surface area contributed by atoms with E-state index in [1.54, 1.807) is 0 Å². The summed E-state index contributed by atoms with van der Waals surface area (Å²) in [5.74, 6) is 0. The maximum atomic E-state index is 3.08. The van der Waals surface area contributed by atoms with Crippen molar-refractivity contribution in [2.45, 2.75) is 44.3 Å². The van der Waals surface area contributed by atoms with E-state index in [0.717, 1.165) is 0 Å². The zero-order chi connectivity index (χ0) is 14.2. The number of benzene rings is 2. The van der Waals surface area contributed by atoms with Gasteiger partial charge in [0.15, 0.2) is 0 Å². The molecule has 0 spiro atoms. The van der Waals surface area contributed by atoms with Gasteiger partial charge in [-0.15, -0.1) is 0 Å². The number of hydrogen-bond acceptors (Lipinski definition) is 0. The maximum absolute atomic E-state index is 3.08. The van der Waals surface area contributed by atoms with E-state index >= 15 is 0 Å². The summed E-state index contributed by atoms with van der Waals surface area (Å²) in [6, 6.07) is 17.8. The van der Waals surface area contributed by atoms with Crippen molar-refractivity contribution in [1.82, 2.24) is 0 Å². The summed E-state index contributed by atoms with van der Waals surface area (Å²) >= 11 is 3.08. The Labute approximate surface area is 131 Å². The van der Waals surface area contributed by atoms with Crippen LogP contribution in [0.3, 0.4) is 0 Å². The molecule has 2 rings (SSSR count). The van der Waals surface area contributed by atoms with Gasteiger partial charge in [-0.2, -0.15) is 0 Å². The molecule has 0 atom stereocenters. The Morgan fingerprint density at radius 1 is 0.700 bits per heavy atom. The third-order valence-corrected chi connectivity index (χ3v) is 4.30. The first kappa shape index (κ1) is 15.4. The van der Waals surface area contributed by atoms with Crippen LogP contribution in [0.4, 0.5) is 0 Å². The van der Waals surface area contributed by atoms with E-state index in [1.165, 1.54) is 59.7 Å². The van der Waals surface area contributed by atoms with Crippen LogP contribution in [0.25, 0.3) is 11.1 Å². The fourth-order valence-corrected chi connectivity index (χ4v) is 2.82. The molecular formula is C19H23Se. The van der Waals surface area contributed by atoms with Gasteiger partial charge in [0.05, 0.1) is 0 Å². The normalized spacial score (nSPS) is 10.7. The van der Waals surface area contributed by atoms with Gasteiger partial charge in [-0.05, 0) is 6.92 Å². The number of rotatable bonds is 7.